The van der Waals surface area contributed by atoms with Gasteiger partial charge in [0, 0.05) is 30.8 Å². The minimum absolute atomic E-state index is 0.00895. The summed E-state index contributed by atoms with van der Waals surface area (Å²) in [6.07, 6.45) is 7.90. The van der Waals surface area contributed by atoms with Crippen LogP contribution in [0.5, 0.6) is 0 Å². The predicted molar refractivity (Wildman–Crippen MR) is 114 cm³/mol. The molecule has 0 radical (unpaired) electrons. The lowest BCUT2D eigenvalue weighted by molar-refractivity contribution is -0.122. The number of unbranched alkanes of at least 4 members (excludes halogenated alkanes) is 1. The average molecular weight is 395 g/mol. The zero-order valence-electron chi connectivity index (χ0n) is 17.4. The highest BCUT2D eigenvalue weighted by Crippen LogP contribution is 2.32. The number of carbonyl (C=O) groups is 2. The van der Waals surface area contributed by atoms with Crippen molar-refractivity contribution in [3.8, 4) is 0 Å². The van der Waals surface area contributed by atoms with Gasteiger partial charge in [0.1, 0.15) is 5.82 Å². The van der Waals surface area contributed by atoms with E-state index in [0.29, 0.717) is 12.5 Å². The number of nitrogens with one attached hydrogen (secondary N) is 1. The highest BCUT2D eigenvalue weighted by Gasteiger charge is 2.35. The van der Waals surface area contributed by atoms with Crippen molar-refractivity contribution >= 4 is 23.3 Å². The molecule has 6 nitrogen and oxygen atoms in total. The molecule has 1 aromatic carbocycles. The summed E-state index contributed by atoms with van der Waals surface area (Å²) < 4.78 is 1.90. The van der Waals surface area contributed by atoms with E-state index in [9.17, 15) is 9.59 Å². The predicted octanol–water partition coefficient (Wildman–Crippen LogP) is 3.94. The fraction of sp³-hybridized carbons (Fsp3) is 0.522. The summed E-state index contributed by atoms with van der Waals surface area (Å²) in [5.74, 6) is 1.02. The first-order chi connectivity index (χ1) is 14.0. The summed E-state index contributed by atoms with van der Waals surface area (Å²) in [6, 6.07) is 8.17. The summed E-state index contributed by atoms with van der Waals surface area (Å²) in [7, 11) is 0. The molecule has 1 N–H and O–H groups in total. The number of hydrogen-bond donors (Lipinski definition) is 1. The number of amides is 2. The van der Waals surface area contributed by atoms with Gasteiger partial charge < -0.3 is 10.2 Å². The van der Waals surface area contributed by atoms with Gasteiger partial charge in [0.15, 0.2) is 0 Å². The molecule has 4 rings (SSSR count). The maximum absolute atomic E-state index is 12.9. The molecule has 1 aromatic heterocycles. The van der Waals surface area contributed by atoms with Crippen molar-refractivity contribution in [3.63, 3.8) is 0 Å². The molecule has 2 fully saturated rings. The number of aromatic nitrogens is 2. The van der Waals surface area contributed by atoms with Crippen LogP contribution < -0.4 is 10.2 Å². The lowest BCUT2D eigenvalue weighted by Crippen LogP contribution is -2.29. The molecule has 1 unspecified atom stereocenters. The van der Waals surface area contributed by atoms with E-state index in [1.165, 1.54) is 31.2 Å². The van der Waals surface area contributed by atoms with E-state index in [2.05, 4.69) is 29.5 Å². The van der Waals surface area contributed by atoms with E-state index in [1.54, 1.807) is 11.1 Å². The molecule has 0 spiro atoms. The first kappa shape index (κ1) is 19.7. The Labute approximate surface area is 172 Å². The van der Waals surface area contributed by atoms with Crippen molar-refractivity contribution in [2.75, 3.05) is 16.8 Å². The molecular formula is C23H30N4O2. The van der Waals surface area contributed by atoms with Crippen LogP contribution in [0, 0.1) is 18.8 Å². The van der Waals surface area contributed by atoms with E-state index < -0.39 is 0 Å². The van der Waals surface area contributed by atoms with Gasteiger partial charge in [0.2, 0.25) is 11.8 Å². The van der Waals surface area contributed by atoms with Gasteiger partial charge in [-0.05, 0) is 56.2 Å². The molecule has 0 bridgehead atoms. The molecule has 2 amide bonds. The third-order valence-corrected chi connectivity index (χ3v) is 5.95. The Morgan fingerprint density at radius 2 is 2.00 bits per heavy atom. The fourth-order valence-corrected chi connectivity index (χ4v) is 3.90. The molecule has 2 aromatic rings. The molecule has 1 saturated carbocycles. The molecule has 29 heavy (non-hydrogen) atoms. The highest BCUT2D eigenvalue weighted by molar-refractivity contribution is 6.03. The second-order valence-corrected chi connectivity index (χ2v) is 8.47. The van der Waals surface area contributed by atoms with Gasteiger partial charge in [-0.25, -0.2) is 4.68 Å². The van der Waals surface area contributed by atoms with Crippen LogP contribution in [0.4, 0.5) is 11.5 Å². The average Bonchev–Trinajstić information content (AvgIpc) is 3.37. The van der Waals surface area contributed by atoms with Crippen LogP contribution in [0.25, 0.3) is 0 Å². The van der Waals surface area contributed by atoms with Gasteiger partial charge in [-0.15, -0.1) is 0 Å². The Morgan fingerprint density at radius 1 is 1.24 bits per heavy atom. The lowest BCUT2D eigenvalue weighted by Gasteiger charge is -2.17. The normalized spacial score (nSPS) is 19.0. The van der Waals surface area contributed by atoms with E-state index in [-0.39, 0.29) is 24.2 Å². The molecular weight excluding hydrogens is 364 g/mol. The number of nitrogens with zero attached hydrogens (tertiary/aromatic N) is 3. The molecule has 154 valence electrons. The second-order valence-electron chi connectivity index (χ2n) is 8.47. The van der Waals surface area contributed by atoms with Crippen LogP contribution in [0.1, 0.15) is 50.2 Å². The fourth-order valence-electron chi connectivity index (χ4n) is 3.90. The number of benzene rings is 1. The van der Waals surface area contributed by atoms with Crippen molar-refractivity contribution < 1.29 is 9.59 Å². The van der Waals surface area contributed by atoms with Gasteiger partial charge in [0.05, 0.1) is 12.1 Å². The lowest BCUT2D eigenvalue weighted by atomic mass is 10.1. The van der Waals surface area contributed by atoms with Crippen molar-refractivity contribution in [1.29, 1.82) is 0 Å². The van der Waals surface area contributed by atoms with Crippen LogP contribution >= 0.6 is 0 Å². The Kier molecular flexibility index (Phi) is 5.69. The Hall–Kier alpha value is -2.63. The zero-order chi connectivity index (χ0) is 20.4. The SMILES string of the molecule is CCCCc1ccc(N2CC(C(=O)Nc3c(C)cnn3CC3CC3)CC2=O)cc1. The molecule has 2 heterocycles. The number of rotatable bonds is 8. The summed E-state index contributed by atoms with van der Waals surface area (Å²) in [6.45, 7) is 5.42. The number of hydrogen-bond acceptors (Lipinski definition) is 3. The van der Waals surface area contributed by atoms with E-state index in [4.69, 9.17) is 0 Å². The maximum Gasteiger partial charge on any atom is 0.230 e. The number of aryl methyl sites for hydroxylation is 2. The van der Waals surface area contributed by atoms with Gasteiger partial charge in [-0.3, -0.25) is 9.59 Å². The highest BCUT2D eigenvalue weighted by atomic mass is 16.2. The minimum atomic E-state index is -0.342. The molecule has 6 heteroatoms. The summed E-state index contributed by atoms with van der Waals surface area (Å²) in [5.41, 5.74) is 3.12. The molecule has 1 aliphatic carbocycles. The Bertz CT molecular complexity index is 883. The standard InChI is InChI=1S/C23H30N4O2/c1-3-4-5-17-8-10-20(11-9-17)26-15-19(12-21(26)28)23(29)25-22-16(2)13-24-27(22)14-18-6-7-18/h8-11,13,18-19H,3-7,12,14-15H2,1-2H3,(H,25,29). The zero-order valence-corrected chi connectivity index (χ0v) is 17.4. The molecule has 1 atom stereocenters. The monoisotopic (exact) mass is 394 g/mol. The third kappa shape index (κ3) is 4.52. The van der Waals surface area contributed by atoms with Crippen LogP contribution in [-0.4, -0.2) is 28.1 Å². The van der Waals surface area contributed by atoms with Gasteiger partial charge in [0.25, 0.3) is 0 Å². The van der Waals surface area contributed by atoms with Crippen LogP contribution in [0.3, 0.4) is 0 Å². The van der Waals surface area contributed by atoms with E-state index in [1.807, 2.05) is 23.7 Å². The van der Waals surface area contributed by atoms with Crippen molar-refractivity contribution in [1.82, 2.24) is 9.78 Å². The van der Waals surface area contributed by atoms with Gasteiger partial charge >= 0.3 is 0 Å². The van der Waals surface area contributed by atoms with Crippen LogP contribution in [0.15, 0.2) is 30.5 Å². The van der Waals surface area contributed by atoms with Crippen molar-refractivity contribution in [2.24, 2.45) is 11.8 Å². The largest absolute Gasteiger partial charge is 0.312 e. The second kappa shape index (κ2) is 8.39. The van der Waals surface area contributed by atoms with E-state index >= 15 is 0 Å². The minimum Gasteiger partial charge on any atom is -0.312 e. The van der Waals surface area contributed by atoms with Crippen molar-refractivity contribution in [3.05, 3.63) is 41.6 Å². The van der Waals surface area contributed by atoms with Gasteiger partial charge in [-0.1, -0.05) is 25.5 Å². The molecule has 1 aliphatic heterocycles. The van der Waals surface area contributed by atoms with Crippen molar-refractivity contribution in [2.45, 2.75) is 58.9 Å². The van der Waals surface area contributed by atoms with Crippen LogP contribution in [-0.2, 0) is 22.6 Å². The maximum atomic E-state index is 12.9. The molecule has 1 saturated heterocycles. The summed E-state index contributed by atoms with van der Waals surface area (Å²) in [5, 5.41) is 7.45. The van der Waals surface area contributed by atoms with Gasteiger partial charge in [-0.2, -0.15) is 5.10 Å². The van der Waals surface area contributed by atoms with E-state index in [0.717, 1.165) is 30.0 Å². The first-order valence-electron chi connectivity index (χ1n) is 10.8. The Morgan fingerprint density at radius 3 is 2.69 bits per heavy atom. The third-order valence-electron chi connectivity index (χ3n) is 5.95. The molecule has 2 aliphatic rings. The topological polar surface area (TPSA) is 67.2 Å². The number of anilines is 2. The quantitative estimate of drug-likeness (QED) is 0.737. The summed E-state index contributed by atoms with van der Waals surface area (Å²) >= 11 is 0. The smallest absolute Gasteiger partial charge is 0.230 e. The first-order valence-corrected chi connectivity index (χ1v) is 10.8. The van der Waals surface area contributed by atoms with Crippen LogP contribution in [0.2, 0.25) is 0 Å². The number of carbonyl (C=O) groups excluding carboxylic acids is 2. The Balaban J connectivity index is 1.40. The summed E-state index contributed by atoms with van der Waals surface area (Å²) in [4.78, 5) is 27.2.